The number of carbonyl (C=O) groups excluding carboxylic acids is 1. The molecular weight excluding hydrogens is 348 g/mol. The summed E-state index contributed by atoms with van der Waals surface area (Å²) in [4.78, 5) is 16.8. The van der Waals surface area contributed by atoms with Crippen molar-refractivity contribution in [1.29, 1.82) is 0 Å². The molecule has 0 atom stereocenters. The van der Waals surface area contributed by atoms with Gasteiger partial charge in [0.25, 0.3) is 5.91 Å². The van der Waals surface area contributed by atoms with Crippen LogP contribution in [-0.4, -0.2) is 25.8 Å². The highest BCUT2D eigenvalue weighted by atomic mass is 79.9. The van der Waals surface area contributed by atoms with Gasteiger partial charge in [-0.3, -0.25) is 4.79 Å². The monoisotopic (exact) mass is 362 g/mol. The highest BCUT2D eigenvalue weighted by Crippen LogP contribution is 2.22. The lowest BCUT2D eigenvalue weighted by Crippen LogP contribution is -2.17. The number of halogens is 1. The Balaban J connectivity index is 1.84. The van der Waals surface area contributed by atoms with Gasteiger partial charge in [0, 0.05) is 10.0 Å². The van der Waals surface area contributed by atoms with E-state index in [1.165, 1.54) is 0 Å². The molecule has 0 fully saturated rings. The molecule has 0 aromatic heterocycles. The van der Waals surface area contributed by atoms with Gasteiger partial charge in [0.05, 0.1) is 19.0 Å². The number of oxime groups is 1. The second-order valence-electron chi connectivity index (χ2n) is 4.28. The first-order chi connectivity index (χ1) is 10.7. The van der Waals surface area contributed by atoms with E-state index in [1.54, 1.807) is 25.5 Å². The minimum absolute atomic E-state index is 0.182. The maximum absolute atomic E-state index is 11.8. The van der Waals surface area contributed by atoms with Crippen molar-refractivity contribution in [1.82, 2.24) is 0 Å². The van der Waals surface area contributed by atoms with Crippen molar-refractivity contribution in [2.45, 2.75) is 0 Å². The van der Waals surface area contributed by atoms with E-state index in [0.29, 0.717) is 11.4 Å². The molecule has 2 aromatic rings. The van der Waals surface area contributed by atoms with Crippen molar-refractivity contribution < 1.29 is 14.4 Å². The van der Waals surface area contributed by atoms with E-state index in [-0.39, 0.29) is 12.5 Å². The quantitative estimate of drug-likeness (QED) is 0.632. The van der Waals surface area contributed by atoms with Crippen molar-refractivity contribution in [3.63, 3.8) is 0 Å². The number of rotatable bonds is 6. The summed E-state index contributed by atoms with van der Waals surface area (Å²) in [6, 6.07) is 14.7. The maximum Gasteiger partial charge on any atom is 0.265 e. The van der Waals surface area contributed by atoms with Crippen LogP contribution >= 0.6 is 15.9 Å². The van der Waals surface area contributed by atoms with Crippen LogP contribution in [0.3, 0.4) is 0 Å². The van der Waals surface area contributed by atoms with Crippen molar-refractivity contribution in [2.75, 3.05) is 19.0 Å². The highest BCUT2D eigenvalue weighted by Gasteiger charge is 2.06. The SMILES string of the molecule is COc1ccccc1NC(=O)CO/N=C\c1ccccc1Br. The summed E-state index contributed by atoms with van der Waals surface area (Å²) in [6.07, 6.45) is 1.54. The topological polar surface area (TPSA) is 59.9 Å². The Morgan fingerprint density at radius 1 is 1.23 bits per heavy atom. The zero-order valence-corrected chi connectivity index (χ0v) is 13.5. The molecule has 0 spiro atoms. The molecule has 0 aliphatic rings. The van der Waals surface area contributed by atoms with Crippen LogP contribution in [0.4, 0.5) is 5.69 Å². The van der Waals surface area contributed by atoms with Gasteiger partial charge in [0.1, 0.15) is 5.75 Å². The Morgan fingerprint density at radius 2 is 1.95 bits per heavy atom. The molecule has 1 N–H and O–H groups in total. The van der Waals surface area contributed by atoms with E-state index in [0.717, 1.165) is 10.0 Å². The van der Waals surface area contributed by atoms with Crippen LogP contribution in [0, 0.1) is 0 Å². The van der Waals surface area contributed by atoms with Gasteiger partial charge < -0.3 is 14.9 Å². The molecule has 0 radical (unpaired) electrons. The Hall–Kier alpha value is -2.34. The Labute approximate surface area is 137 Å². The van der Waals surface area contributed by atoms with Crippen molar-refractivity contribution >= 4 is 33.7 Å². The van der Waals surface area contributed by atoms with Gasteiger partial charge in [-0.25, -0.2) is 0 Å². The predicted octanol–water partition coefficient (Wildman–Crippen LogP) is 3.45. The third-order valence-electron chi connectivity index (χ3n) is 2.75. The number of ether oxygens (including phenoxy) is 1. The molecule has 2 rings (SSSR count). The van der Waals surface area contributed by atoms with E-state index in [9.17, 15) is 4.79 Å². The van der Waals surface area contributed by atoms with Gasteiger partial charge in [0.15, 0.2) is 6.61 Å². The first-order valence-corrected chi connectivity index (χ1v) is 7.32. The molecule has 0 bridgehead atoms. The molecule has 0 aliphatic heterocycles. The van der Waals surface area contributed by atoms with Gasteiger partial charge in [-0.05, 0) is 18.2 Å². The molecule has 0 saturated carbocycles. The smallest absolute Gasteiger partial charge is 0.265 e. The number of amides is 1. The minimum Gasteiger partial charge on any atom is -0.495 e. The lowest BCUT2D eigenvalue weighted by molar-refractivity contribution is -0.120. The maximum atomic E-state index is 11.8. The summed E-state index contributed by atoms with van der Waals surface area (Å²) >= 11 is 3.40. The minimum atomic E-state index is -0.311. The fraction of sp³-hybridized carbons (Fsp3) is 0.125. The van der Waals surface area contributed by atoms with E-state index < -0.39 is 0 Å². The number of methoxy groups -OCH3 is 1. The average molecular weight is 363 g/mol. The van der Waals surface area contributed by atoms with E-state index in [1.807, 2.05) is 36.4 Å². The third-order valence-corrected chi connectivity index (χ3v) is 3.47. The van der Waals surface area contributed by atoms with Crippen LogP contribution in [0.1, 0.15) is 5.56 Å². The molecule has 5 nitrogen and oxygen atoms in total. The van der Waals surface area contributed by atoms with Crippen LogP contribution in [0.25, 0.3) is 0 Å². The number of para-hydroxylation sites is 2. The number of hydrogen-bond donors (Lipinski definition) is 1. The second kappa shape index (κ2) is 8.19. The molecule has 0 unspecified atom stereocenters. The van der Waals surface area contributed by atoms with Crippen LogP contribution in [0.2, 0.25) is 0 Å². The third kappa shape index (κ3) is 4.60. The van der Waals surface area contributed by atoms with Gasteiger partial charge in [-0.1, -0.05) is 51.4 Å². The molecule has 114 valence electrons. The van der Waals surface area contributed by atoms with Crippen LogP contribution in [0.15, 0.2) is 58.2 Å². The molecule has 0 saturated heterocycles. The summed E-state index contributed by atoms with van der Waals surface area (Å²) < 4.78 is 6.06. The van der Waals surface area contributed by atoms with Crippen LogP contribution in [-0.2, 0) is 9.63 Å². The van der Waals surface area contributed by atoms with Gasteiger partial charge in [0.2, 0.25) is 0 Å². The first-order valence-electron chi connectivity index (χ1n) is 6.53. The fourth-order valence-corrected chi connectivity index (χ4v) is 2.09. The predicted molar refractivity (Wildman–Crippen MR) is 89.3 cm³/mol. The zero-order valence-electron chi connectivity index (χ0n) is 12.0. The van der Waals surface area contributed by atoms with Crippen molar-refractivity contribution in [3.8, 4) is 5.75 Å². The molecule has 0 heterocycles. The molecule has 22 heavy (non-hydrogen) atoms. The molecular formula is C16H15BrN2O3. The highest BCUT2D eigenvalue weighted by molar-refractivity contribution is 9.10. The largest absolute Gasteiger partial charge is 0.495 e. The average Bonchev–Trinajstić information content (AvgIpc) is 2.53. The number of anilines is 1. The van der Waals surface area contributed by atoms with Crippen molar-refractivity contribution in [3.05, 3.63) is 58.6 Å². The summed E-state index contributed by atoms with van der Waals surface area (Å²) in [6.45, 7) is -0.182. The number of nitrogens with zero attached hydrogens (tertiary/aromatic N) is 1. The Kier molecular flexibility index (Phi) is 5.97. The first kappa shape index (κ1) is 16.0. The van der Waals surface area contributed by atoms with Gasteiger partial charge in [-0.15, -0.1) is 0 Å². The van der Waals surface area contributed by atoms with E-state index in [4.69, 9.17) is 9.57 Å². The lowest BCUT2D eigenvalue weighted by atomic mass is 10.2. The number of nitrogens with one attached hydrogen (secondary N) is 1. The van der Waals surface area contributed by atoms with Crippen LogP contribution < -0.4 is 10.1 Å². The molecule has 1 amide bonds. The van der Waals surface area contributed by atoms with Gasteiger partial charge >= 0.3 is 0 Å². The Bertz CT molecular complexity index is 674. The molecule has 6 heteroatoms. The second-order valence-corrected chi connectivity index (χ2v) is 5.13. The summed E-state index contributed by atoms with van der Waals surface area (Å²) in [5.74, 6) is 0.279. The van der Waals surface area contributed by atoms with E-state index >= 15 is 0 Å². The lowest BCUT2D eigenvalue weighted by Gasteiger charge is -2.08. The molecule has 2 aromatic carbocycles. The number of carbonyl (C=O) groups is 1. The standard InChI is InChI=1S/C16H15BrN2O3/c1-21-15-9-5-4-8-14(15)19-16(20)11-22-18-10-12-6-2-3-7-13(12)17/h2-10H,11H2,1H3,(H,19,20)/b18-10-. The van der Waals surface area contributed by atoms with Crippen molar-refractivity contribution in [2.24, 2.45) is 5.16 Å². The Morgan fingerprint density at radius 3 is 2.73 bits per heavy atom. The van der Waals surface area contributed by atoms with E-state index in [2.05, 4.69) is 26.4 Å². The number of hydrogen-bond acceptors (Lipinski definition) is 4. The summed E-state index contributed by atoms with van der Waals surface area (Å²) in [7, 11) is 1.55. The van der Waals surface area contributed by atoms with Crippen LogP contribution in [0.5, 0.6) is 5.75 Å². The molecule has 0 aliphatic carbocycles. The normalized spacial score (nSPS) is 10.5. The van der Waals surface area contributed by atoms with Gasteiger partial charge in [-0.2, -0.15) is 0 Å². The summed E-state index contributed by atoms with van der Waals surface area (Å²) in [5.41, 5.74) is 1.46. The number of benzene rings is 2. The zero-order chi connectivity index (χ0) is 15.8. The fourth-order valence-electron chi connectivity index (χ4n) is 1.70. The summed E-state index contributed by atoms with van der Waals surface area (Å²) in [5, 5.41) is 6.48.